The number of rotatable bonds is 4. The molecule has 0 aliphatic heterocycles. The monoisotopic (exact) mass is 205 g/mol. The SMILES string of the molecule is Cc1cc(C#N)cc(NCCC(C)O)n1. The molecule has 4 nitrogen and oxygen atoms in total. The summed E-state index contributed by atoms with van der Waals surface area (Å²) in [5.74, 6) is 0.687. The molecule has 0 aromatic carbocycles. The summed E-state index contributed by atoms with van der Waals surface area (Å²) in [6.07, 6.45) is 0.343. The minimum absolute atomic E-state index is 0.322. The van der Waals surface area contributed by atoms with Crippen LogP contribution in [0, 0.1) is 18.3 Å². The van der Waals surface area contributed by atoms with E-state index in [2.05, 4.69) is 16.4 Å². The zero-order chi connectivity index (χ0) is 11.3. The highest BCUT2D eigenvalue weighted by Gasteiger charge is 2.00. The lowest BCUT2D eigenvalue weighted by molar-refractivity contribution is 0.188. The molecule has 0 radical (unpaired) electrons. The molecule has 0 saturated carbocycles. The normalized spacial score (nSPS) is 11.9. The number of nitriles is 1. The summed E-state index contributed by atoms with van der Waals surface area (Å²) in [5, 5.41) is 20.9. The Hall–Kier alpha value is -1.60. The third-order valence-electron chi connectivity index (χ3n) is 1.95. The molecular formula is C11H15N3O. The van der Waals surface area contributed by atoms with E-state index in [1.807, 2.05) is 6.92 Å². The zero-order valence-electron chi connectivity index (χ0n) is 8.99. The second-order valence-electron chi connectivity index (χ2n) is 3.56. The highest BCUT2D eigenvalue weighted by Crippen LogP contribution is 2.09. The molecule has 4 heteroatoms. The summed E-state index contributed by atoms with van der Waals surface area (Å²) in [7, 11) is 0. The first-order valence-electron chi connectivity index (χ1n) is 4.92. The van der Waals surface area contributed by atoms with E-state index in [0.717, 1.165) is 5.69 Å². The molecule has 0 amide bonds. The molecule has 1 atom stereocenters. The molecule has 0 aliphatic carbocycles. The van der Waals surface area contributed by atoms with Crippen LogP contribution in [-0.2, 0) is 0 Å². The Morgan fingerprint density at radius 2 is 2.33 bits per heavy atom. The fourth-order valence-electron chi connectivity index (χ4n) is 1.23. The number of nitrogens with zero attached hydrogens (tertiary/aromatic N) is 2. The molecule has 0 bridgehead atoms. The number of pyridine rings is 1. The first-order valence-corrected chi connectivity index (χ1v) is 4.92. The predicted octanol–water partition coefficient (Wildman–Crippen LogP) is 1.44. The van der Waals surface area contributed by atoms with Gasteiger partial charge in [-0.15, -0.1) is 0 Å². The van der Waals surface area contributed by atoms with Gasteiger partial charge in [0.15, 0.2) is 0 Å². The number of anilines is 1. The molecule has 1 aromatic rings. The molecule has 2 N–H and O–H groups in total. The van der Waals surface area contributed by atoms with Gasteiger partial charge in [-0.2, -0.15) is 5.26 Å². The van der Waals surface area contributed by atoms with Crippen molar-refractivity contribution in [2.45, 2.75) is 26.4 Å². The van der Waals surface area contributed by atoms with Gasteiger partial charge >= 0.3 is 0 Å². The molecule has 1 aromatic heterocycles. The molecule has 1 unspecified atom stereocenters. The van der Waals surface area contributed by atoms with E-state index in [1.165, 1.54) is 0 Å². The average Bonchev–Trinajstić information content (AvgIpc) is 2.16. The van der Waals surface area contributed by atoms with Gasteiger partial charge in [-0.3, -0.25) is 0 Å². The second-order valence-corrected chi connectivity index (χ2v) is 3.56. The molecule has 0 saturated heterocycles. The van der Waals surface area contributed by atoms with Crippen molar-refractivity contribution in [1.82, 2.24) is 4.98 Å². The standard InChI is InChI=1S/C11H15N3O/c1-8-5-10(7-12)6-11(14-8)13-4-3-9(2)15/h5-6,9,15H,3-4H2,1-2H3,(H,13,14). The Labute approximate surface area is 89.6 Å². The van der Waals surface area contributed by atoms with E-state index in [9.17, 15) is 0 Å². The van der Waals surface area contributed by atoms with Gasteiger partial charge in [-0.05, 0) is 32.4 Å². The summed E-state index contributed by atoms with van der Waals surface area (Å²) in [4.78, 5) is 4.23. The molecule has 0 fully saturated rings. The maximum Gasteiger partial charge on any atom is 0.127 e. The van der Waals surface area contributed by atoms with Crippen molar-refractivity contribution in [2.75, 3.05) is 11.9 Å². The van der Waals surface area contributed by atoms with Crippen LogP contribution in [0.15, 0.2) is 12.1 Å². The molecule has 15 heavy (non-hydrogen) atoms. The van der Waals surface area contributed by atoms with Gasteiger partial charge in [0, 0.05) is 12.2 Å². The summed E-state index contributed by atoms with van der Waals surface area (Å²) < 4.78 is 0. The molecule has 1 rings (SSSR count). The van der Waals surface area contributed by atoms with E-state index in [0.29, 0.717) is 24.3 Å². The lowest BCUT2D eigenvalue weighted by Gasteiger charge is -2.07. The number of aromatic nitrogens is 1. The first kappa shape index (κ1) is 11.5. The van der Waals surface area contributed by atoms with E-state index in [4.69, 9.17) is 10.4 Å². The topological polar surface area (TPSA) is 68.9 Å². The van der Waals surface area contributed by atoms with E-state index >= 15 is 0 Å². The van der Waals surface area contributed by atoms with Crippen LogP contribution < -0.4 is 5.32 Å². The lowest BCUT2D eigenvalue weighted by Crippen LogP contribution is -2.10. The highest BCUT2D eigenvalue weighted by atomic mass is 16.3. The van der Waals surface area contributed by atoms with Crippen LogP contribution >= 0.6 is 0 Å². The van der Waals surface area contributed by atoms with Crippen molar-refractivity contribution in [3.63, 3.8) is 0 Å². The zero-order valence-corrected chi connectivity index (χ0v) is 8.99. The van der Waals surface area contributed by atoms with Crippen LogP contribution in [0.25, 0.3) is 0 Å². The maximum atomic E-state index is 9.07. The number of nitrogens with one attached hydrogen (secondary N) is 1. The Bertz CT molecular complexity index is 369. The molecular weight excluding hydrogens is 190 g/mol. The highest BCUT2D eigenvalue weighted by molar-refractivity contribution is 5.44. The Morgan fingerprint density at radius 3 is 2.93 bits per heavy atom. The number of hydrogen-bond acceptors (Lipinski definition) is 4. The van der Waals surface area contributed by atoms with Gasteiger partial charge in [0.1, 0.15) is 5.82 Å². The van der Waals surface area contributed by atoms with Crippen LogP contribution in [-0.4, -0.2) is 22.7 Å². The van der Waals surface area contributed by atoms with Crippen LogP contribution in [0.1, 0.15) is 24.6 Å². The molecule has 1 heterocycles. The maximum absolute atomic E-state index is 9.07. The van der Waals surface area contributed by atoms with Crippen molar-refractivity contribution >= 4 is 5.82 Å². The van der Waals surface area contributed by atoms with Gasteiger partial charge in [0.05, 0.1) is 17.7 Å². The molecule has 0 spiro atoms. The van der Waals surface area contributed by atoms with Gasteiger partial charge in [-0.1, -0.05) is 0 Å². The number of aryl methyl sites for hydroxylation is 1. The van der Waals surface area contributed by atoms with E-state index < -0.39 is 0 Å². The van der Waals surface area contributed by atoms with Crippen molar-refractivity contribution in [2.24, 2.45) is 0 Å². The third kappa shape index (κ3) is 3.96. The summed E-state index contributed by atoms with van der Waals surface area (Å²) in [6.45, 7) is 4.24. The van der Waals surface area contributed by atoms with Gasteiger partial charge in [0.2, 0.25) is 0 Å². The quantitative estimate of drug-likeness (QED) is 0.780. The van der Waals surface area contributed by atoms with E-state index in [-0.39, 0.29) is 6.10 Å². The fourth-order valence-corrected chi connectivity index (χ4v) is 1.23. The number of aliphatic hydroxyl groups is 1. The Balaban J connectivity index is 2.61. The van der Waals surface area contributed by atoms with E-state index in [1.54, 1.807) is 19.1 Å². The van der Waals surface area contributed by atoms with Crippen molar-refractivity contribution < 1.29 is 5.11 Å². The largest absolute Gasteiger partial charge is 0.393 e. The van der Waals surface area contributed by atoms with Crippen molar-refractivity contribution in [1.29, 1.82) is 5.26 Å². The predicted molar refractivity (Wildman–Crippen MR) is 58.5 cm³/mol. The van der Waals surface area contributed by atoms with Crippen molar-refractivity contribution in [3.05, 3.63) is 23.4 Å². The minimum atomic E-state index is -0.322. The lowest BCUT2D eigenvalue weighted by atomic mass is 10.2. The summed E-state index contributed by atoms with van der Waals surface area (Å²) in [5.41, 5.74) is 1.41. The van der Waals surface area contributed by atoms with Gasteiger partial charge in [0.25, 0.3) is 0 Å². The summed E-state index contributed by atoms with van der Waals surface area (Å²) >= 11 is 0. The van der Waals surface area contributed by atoms with Crippen LogP contribution in [0.3, 0.4) is 0 Å². The first-order chi connectivity index (χ1) is 7.11. The fraction of sp³-hybridized carbons (Fsp3) is 0.455. The summed E-state index contributed by atoms with van der Waals surface area (Å²) in [6, 6.07) is 5.52. The molecule has 80 valence electrons. The van der Waals surface area contributed by atoms with Crippen LogP contribution in [0.2, 0.25) is 0 Å². The molecule has 0 aliphatic rings. The van der Waals surface area contributed by atoms with Gasteiger partial charge < -0.3 is 10.4 Å². The third-order valence-corrected chi connectivity index (χ3v) is 1.95. The van der Waals surface area contributed by atoms with Crippen LogP contribution in [0.5, 0.6) is 0 Å². The number of hydrogen-bond donors (Lipinski definition) is 2. The van der Waals surface area contributed by atoms with Crippen LogP contribution in [0.4, 0.5) is 5.82 Å². The Kier molecular flexibility index (Phi) is 4.07. The average molecular weight is 205 g/mol. The minimum Gasteiger partial charge on any atom is -0.393 e. The van der Waals surface area contributed by atoms with Crippen molar-refractivity contribution in [3.8, 4) is 6.07 Å². The number of aliphatic hydroxyl groups excluding tert-OH is 1. The smallest absolute Gasteiger partial charge is 0.127 e. The Morgan fingerprint density at radius 1 is 1.60 bits per heavy atom. The second kappa shape index (κ2) is 5.32. The van der Waals surface area contributed by atoms with Gasteiger partial charge in [-0.25, -0.2) is 4.98 Å².